The first-order valence-electron chi connectivity index (χ1n) is 21.0. The fourth-order valence-corrected chi connectivity index (χ4v) is 7.34. The fourth-order valence-electron chi connectivity index (χ4n) is 7.06. The molecule has 330 valence electrons. The Morgan fingerprint density at radius 1 is 0.754 bits per heavy atom. The minimum Gasteiger partial charge on any atom is -0.480 e. The number of rotatable bonds is 10. The average molecular weight is 887 g/mol. The van der Waals surface area contributed by atoms with Gasteiger partial charge in [-0.05, 0) is 128 Å². The molecule has 5 N–H and O–H groups in total. The molecule has 4 heterocycles. The molecule has 13 nitrogen and oxygen atoms in total. The van der Waals surface area contributed by atoms with Crippen LogP contribution in [0.15, 0.2) is 102 Å². The number of nitrogen functional groups attached to an aromatic ring is 1. The van der Waals surface area contributed by atoms with Gasteiger partial charge in [0.2, 0.25) is 5.88 Å². The third-order valence-electron chi connectivity index (χ3n) is 10.7. The van der Waals surface area contributed by atoms with Gasteiger partial charge in [0.25, 0.3) is 0 Å². The van der Waals surface area contributed by atoms with E-state index in [-0.39, 0.29) is 6.23 Å². The van der Waals surface area contributed by atoms with Crippen molar-refractivity contribution in [2.45, 2.75) is 67.0 Å². The molecule has 8 rings (SSSR count). The number of hydrogen-bond donors (Lipinski definition) is 4. The number of aliphatic imine (C=N–C) groups is 1. The lowest BCUT2D eigenvalue weighted by Crippen LogP contribution is -2.20. The zero-order valence-corrected chi connectivity index (χ0v) is 38.6. The van der Waals surface area contributed by atoms with Gasteiger partial charge >= 0.3 is 0 Å². The molecular formula is C51H52ClN11O2. The average Bonchev–Trinajstić information content (AvgIpc) is 3.31. The molecule has 7 aromatic rings. The molecule has 14 heteroatoms. The van der Waals surface area contributed by atoms with Gasteiger partial charge in [0.1, 0.15) is 16.8 Å². The number of aryl methyl sites for hydroxylation is 5. The number of benzene rings is 4. The van der Waals surface area contributed by atoms with Gasteiger partial charge in [0.05, 0.1) is 36.8 Å². The third kappa shape index (κ3) is 11.5. The molecule has 0 saturated carbocycles. The summed E-state index contributed by atoms with van der Waals surface area (Å²) < 4.78 is 11.0. The van der Waals surface area contributed by atoms with E-state index in [1.54, 1.807) is 44.8 Å². The summed E-state index contributed by atoms with van der Waals surface area (Å²) in [5.41, 5.74) is 19.4. The van der Waals surface area contributed by atoms with Gasteiger partial charge in [-0.2, -0.15) is 4.98 Å². The number of amidine groups is 1. The number of nitrogens with two attached hydrogens (primary N) is 1. The fraction of sp³-hybridized carbons (Fsp3) is 0.235. The van der Waals surface area contributed by atoms with Crippen molar-refractivity contribution in [1.29, 1.82) is 0 Å². The van der Waals surface area contributed by atoms with Crippen molar-refractivity contribution in [2.75, 3.05) is 35.9 Å². The second kappa shape index (κ2) is 21.7. The molecule has 1 unspecified atom stereocenters. The van der Waals surface area contributed by atoms with Crippen molar-refractivity contribution >= 4 is 74.0 Å². The minimum absolute atomic E-state index is 0.258. The van der Waals surface area contributed by atoms with Crippen LogP contribution in [-0.4, -0.2) is 40.0 Å². The number of hydrogen-bond acceptors (Lipinski definition) is 11. The Hall–Kier alpha value is -7.58. The SMILES string of the molecule is CCC1=NC(OC)c2cc(Cc3c(C)ccnc3Cl)ccc2N1.[C-]#[N+]c1ccc(N)cc1C.[C-]#[N+]c1ccc(Nc2nccc(C)c2Nc2ccc3nc(CC)nc(OC)c3c2)cc1C. The van der Waals surface area contributed by atoms with Gasteiger partial charge < -0.3 is 31.2 Å². The van der Waals surface area contributed by atoms with E-state index in [4.69, 9.17) is 40.0 Å². The van der Waals surface area contributed by atoms with Crippen molar-refractivity contribution in [1.82, 2.24) is 19.9 Å². The van der Waals surface area contributed by atoms with Gasteiger partial charge in [-0.15, -0.1) is 0 Å². The van der Waals surface area contributed by atoms with Crippen molar-refractivity contribution in [3.63, 3.8) is 0 Å². The van der Waals surface area contributed by atoms with Crippen molar-refractivity contribution in [3.05, 3.63) is 170 Å². The largest absolute Gasteiger partial charge is 0.480 e. The maximum atomic E-state index is 7.24. The zero-order valence-electron chi connectivity index (χ0n) is 37.8. The summed E-state index contributed by atoms with van der Waals surface area (Å²) >= 11 is 6.25. The summed E-state index contributed by atoms with van der Waals surface area (Å²) in [6.07, 6.45) is 5.59. The second-order valence-corrected chi connectivity index (χ2v) is 15.6. The molecule has 1 aliphatic heterocycles. The van der Waals surface area contributed by atoms with E-state index >= 15 is 0 Å². The quantitative estimate of drug-likeness (QED) is 0.0593. The number of nitrogens with one attached hydrogen (secondary N) is 3. The monoisotopic (exact) mass is 885 g/mol. The lowest BCUT2D eigenvalue weighted by atomic mass is 9.99. The predicted molar refractivity (Wildman–Crippen MR) is 265 cm³/mol. The smallest absolute Gasteiger partial charge is 0.224 e. The van der Waals surface area contributed by atoms with Crippen LogP contribution in [0, 0.1) is 40.8 Å². The molecule has 0 amide bonds. The molecule has 1 atom stereocenters. The highest BCUT2D eigenvalue weighted by Gasteiger charge is 2.21. The predicted octanol–water partition coefficient (Wildman–Crippen LogP) is 12.9. The molecule has 0 aliphatic carbocycles. The van der Waals surface area contributed by atoms with E-state index in [0.29, 0.717) is 33.9 Å². The van der Waals surface area contributed by atoms with E-state index in [0.717, 1.165) is 98.0 Å². The Morgan fingerprint density at radius 2 is 1.45 bits per heavy atom. The summed E-state index contributed by atoms with van der Waals surface area (Å²) in [6, 6.07) is 27.1. The van der Waals surface area contributed by atoms with Crippen LogP contribution in [0.25, 0.3) is 20.6 Å². The van der Waals surface area contributed by atoms with Gasteiger partial charge in [-0.1, -0.05) is 43.6 Å². The number of aromatic nitrogens is 4. The van der Waals surface area contributed by atoms with Crippen molar-refractivity contribution in [3.8, 4) is 5.88 Å². The summed E-state index contributed by atoms with van der Waals surface area (Å²) in [6.45, 7) is 26.0. The Bertz CT molecular complexity index is 2940. The van der Waals surface area contributed by atoms with Gasteiger partial charge in [0, 0.05) is 67.1 Å². The van der Waals surface area contributed by atoms with E-state index < -0.39 is 0 Å². The molecular weight excluding hydrogens is 834 g/mol. The molecule has 1 aliphatic rings. The standard InChI is InChI=1S/C25H24N6O.C18H20ClN3O.C8H8N2/c1-6-22-30-21-10-8-18(14-19(21)25(31-22)32-5)28-23-15(2)11-12-27-24(23)29-17-7-9-20(26-4)16(3)13-17;1-4-16-21-15-6-5-12(10-14(15)18(22-16)23-3)9-13-11(2)7-8-20-17(13)19;1-6-5-7(9)3-4-8(6)10-2/h7-14,28H,6H2,1-3,5H3,(H,27,29);5-8,10,18H,4,9H2,1-3H3,(H,21,22);3-5H,9H2,1H3. The topological polar surface area (TPSA) is 153 Å². The molecule has 0 spiro atoms. The molecule has 0 saturated heterocycles. The van der Waals surface area contributed by atoms with Crippen LogP contribution in [0.2, 0.25) is 5.15 Å². The molecule has 65 heavy (non-hydrogen) atoms. The maximum absolute atomic E-state index is 7.24. The second-order valence-electron chi connectivity index (χ2n) is 15.2. The van der Waals surface area contributed by atoms with Gasteiger partial charge in [0.15, 0.2) is 23.4 Å². The molecule has 4 aromatic carbocycles. The number of halogens is 1. The van der Waals surface area contributed by atoms with Crippen LogP contribution in [-0.2, 0) is 17.6 Å². The normalized spacial score (nSPS) is 12.4. The Morgan fingerprint density at radius 3 is 2.11 bits per heavy atom. The number of pyridine rings is 2. The molecule has 0 fully saturated rings. The number of anilines is 6. The van der Waals surface area contributed by atoms with Crippen LogP contribution in [0.4, 0.5) is 45.6 Å². The third-order valence-corrected chi connectivity index (χ3v) is 11.0. The summed E-state index contributed by atoms with van der Waals surface area (Å²) in [5, 5.41) is 11.6. The lowest BCUT2D eigenvalue weighted by Gasteiger charge is -2.24. The van der Waals surface area contributed by atoms with Crippen LogP contribution >= 0.6 is 11.6 Å². The van der Waals surface area contributed by atoms with Gasteiger partial charge in [-0.3, -0.25) is 0 Å². The highest BCUT2D eigenvalue weighted by atomic mass is 35.5. The number of methoxy groups -OCH3 is 2. The summed E-state index contributed by atoms with van der Waals surface area (Å²) in [4.78, 5) is 29.2. The van der Waals surface area contributed by atoms with Crippen LogP contribution < -0.4 is 26.4 Å². The molecule has 3 aromatic heterocycles. The first-order valence-corrected chi connectivity index (χ1v) is 21.4. The van der Waals surface area contributed by atoms with E-state index in [2.05, 4.69) is 82.6 Å². The highest BCUT2D eigenvalue weighted by molar-refractivity contribution is 6.30. The molecule has 0 bridgehead atoms. The Kier molecular flexibility index (Phi) is 15.6. The maximum Gasteiger partial charge on any atom is 0.224 e. The van der Waals surface area contributed by atoms with Crippen molar-refractivity contribution in [2.24, 2.45) is 4.99 Å². The summed E-state index contributed by atoms with van der Waals surface area (Å²) in [5.74, 6) is 2.96. The highest BCUT2D eigenvalue weighted by Crippen LogP contribution is 2.35. The summed E-state index contributed by atoms with van der Waals surface area (Å²) in [7, 11) is 3.31. The van der Waals surface area contributed by atoms with E-state index in [9.17, 15) is 0 Å². The lowest BCUT2D eigenvalue weighted by molar-refractivity contribution is 0.111. The Labute approximate surface area is 385 Å². The van der Waals surface area contributed by atoms with Crippen LogP contribution in [0.1, 0.15) is 71.3 Å². The van der Waals surface area contributed by atoms with E-state index in [1.807, 2.05) is 76.2 Å². The zero-order chi connectivity index (χ0) is 46.6. The number of ether oxygens (including phenoxy) is 2. The Balaban J connectivity index is 0.000000184. The number of fused-ring (bicyclic) bond motifs is 2. The van der Waals surface area contributed by atoms with Gasteiger partial charge in [-0.25, -0.2) is 29.6 Å². The first-order chi connectivity index (χ1) is 31.4. The number of nitrogens with zero attached hydrogens (tertiary/aromatic N) is 7. The first kappa shape index (κ1) is 46.9. The molecule has 0 radical (unpaired) electrons. The van der Waals surface area contributed by atoms with E-state index in [1.165, 1.54) is 5.56 Å². The van der Waals surface area contributed by atoms with Crippen molar-refractivity contribution < 1.29 is 9.47 Å². The minimum atomic E-state index is -0.258. The van der Waals surface area contributed by atoms with Crippen LogP contribution in [0.5, 0.6) is 5.88 Å². The van der Waals surface area contributed by atoms with Crippen LogP contribution in [0.3, 0.4) is 0 Å².